The van der Waals surface area contributed by atoms with E-state index in [1.807, 2.05) is 0 Å². The molecule has 1 aromatic carbocycles. The SMILES string of the molecule is C[C@@H]1CC[C@@H]2C(=O)N(c3cc(Cl)cc(Cl)c3)C(=O)[C@H]2C1. The Balaban J connectivity index is 1.98. The van der Waals surface area contributed by atoms with Gasteiger partial charge in [0.15, 0.2) is 0 Å². The van der Waals surface area contributed by atoms with Crippen LogP contribution in [0.25, 0.3) is 0 Å². The standard InChI is InChI=1S/C15H15Cl2NO2/c1-8-2-3-12-13(4-8)15(20)18(14(12)19)11-6-9(16)5-10(17)7-11/h5-8,12-13H,2-4H2,1H3/t8-,12+,13+/m1/s1. The number of benzene rings is 1. The monoisotopic (exact) mass is 311 g/mol. The zero-order chi connectivity index (χ0) is 14.4. The maximum absolute atomic E-state index is 12.5. The molecule has 5 heteroatoms. The second-order valence-corrected chi connectivity index (χ2v) is 6.64. The topological polar surface area (TPSA) is 37.4 Å². The molecule has 2 amide bonds. The summed E-state index contributed by atoms with van der Waals surface area (Å²) in [5.41, 5.74) is 0.486. The first-order valence-corrected chi connectivity index (χ1v) is 7.57. The molecule has 1 aliphatic carbocycles. The van der Waals surface area contributed by atoms with Gasteiger partial charge in [-0.1, -0.05) is 30.1 Å². The first-order valence-electron chi connectivity index (χ1n) is 6.81. The Bertz CT molecular complexity index is 567. The second-order valence-electron chi connectivity index (χ2n) is 5.77. The lowest BCUT2D eigenvalue weighted by molar-refractivity contribution is -0.122. The number of nitrogens with zero attached hydrogens (tertiary/aromatic N) is 1. The van der Waals surface area contributed by atoms with Crippen molar-refractivity contribution in [2.75, 3.05) is 4.90 Å². The average Bonchev–Trinajstić information content (AvgIpc) is 2.60. The van der Waals surface area contributed by atoms with Gasteiger partial charge in [-0.25, -0.2) is 4.90 Å². The summed E-state index contributed by atoms with van der Waals surface area (Å²) >= 11 is 11.9. The van der Waals surface area contributed by atoms with Crippen LogP contribution in [0.3, 0.4) is 0 Å². The number of imide groups is 1. The van der Waals surface area contributed by atoms with Crippen LogP contribution in [-0.2, 0) is 9.59 Å². The molecule has 3 rings (SSSR count). The third kappa shape index (κ3) is 2.23. The van der Waals surface area contributed by atoms with E-state index in [9.17, 15) is 9.59 Å². The van der Waals surface area contributed by atoms with Crippen LogP contribution >= 0.6 is 23.2 Å². The van der Waals surface area contributed by atoms with Crippen LogP contribution in [0.4, 0.5) is 5.69 Å². The van der Waals surface area contributed by atoms with E-state index in [-0.39, 0.29) is 23.7 Å². The van der Waals surface area contributed by atoms with Crippen LogP contribution in [0.15, 0.2) is 18.2 Å². The van der Waals surface area contributed by atoms with Gasteiger partial charge in [0.2, 0.25) is 11.8 Å². The van der Waals surface area contributed by atoms with E-state index >= 15 is 0 Å². The molecular formula is C15H15Cl2NO2. The van der Waals surface area contributed by atoms with Gasteiger partial charge in [0.05, 0.1) is 17.5 Å². The highest BCUT2D eigenvalue weighted by atomic mass is 35.5. The fraction of sp³-hybridized carbons (Fsp3) is 0.467. The Hall–Kier alpha value is -1.06. The lowest BCUT2D eigenvalue weighted by atomic mass is 9.76. The third-order valence-corrected chi connectivity index (χ3v) is 4.73. The van der Waals surface area contributed by atoms with Crippen LogP contribution in [0.1, 0.15) is 26.2 Å². The van der Waals surface area contributed by atoms with Gasteiger partial charge in [-0.15, -0.1) is 0 Å². The summed E-state index contributed by atoms with van der Waals surface area (Å²) in [7, 11) is 0. The number of hydrogen-bond acceptors (Lipinski definition) is 2. The molecule has 3 atom stereocenters. The number of hydrogen-bond donors (Lipinski definition) is 0. The van der Waals surface area contributed by atoms with E-state index in [1.54, 1.807) is 18.2 Å². The van der Waals surface area contributed by atoms with Crippen LogP contribution in [0.5, 0.6) is 0 Å². The van der Waals surface area contributed by atoms with Gasteiger partial charge in [0.25, 0.3) is 0 Å². The molecule has 0 unspecified atom stereocenters. The smallest absolute Gasteiger partial charge is 0.237 e. The number of halogens is 2. The second kappa shape index (κ2) is 5.05. The molecule has 3 nitrogen and oxygen atoms in total. The Labute approximate surface area is 127 Å². The van der Waals surface area contributed by atoms with Crippen LogP contribution in [-0.4, -0.2) is 11.8 Å². The highest BCUT2D eigenvalue weighted by Crippen LogP contribution is 2.42. The maximum atomic E-state index is 12.5. The summed E-state index contributed by atoms with van der Waals surface area (Å²) < 4.78 is 0. The van der Waals surface area contributed by atoms with Gasteiger partial charge in [0.1, 0.15) is 0 Å². The summed E-state index contributed by atoms with van der Waals surface area (Å²) in [6.45, 7) is 2.13. The van der Waals surface area contributed by atoms with E-state index in [2.05, 4.69) is 6.92 Å². The molecule has 0 bridgehead atoms. The Morgan fingerprint density at radius 2 is 1.60 bits per heavy atom. The summed E-state index contributed by atoms with van der Waals surface area (Å²) in [5.74, 6) is -0.0634. The lowest BCUT2D eigenvalue weighted by Crippen LogP contribution is -2.30. The van der Waals surface area contributed by atoms with Crippen molar-refractivity contribution in [2.45, 2.75) is 26.2 Å². The van der Waals surface area contributed by atoms with Gasteiger partial charge in [-0.05, 0) is 43.4 Å². The van der Waals surface area contributed by atoms with Crippen LogP contribution in [0.2, 0.25) is 10.0 Å². The number of anilines is 1. The highest BCUT2D eigenvalue weighted by Gasteiger charge is 2.50. The quantitative estimate of drug-likeness (QED) is 0.737. The number of rotatable bonds is 1. The molecule has 0 N–H and O–H groups in total. The molecule has 1 aliphatic heterocycles. The van der Waals surface area contributed by atoms with Crippen molar-refractivity contribution in [3.63, 3.8) is 0 Å². The van der Waals surface area contributed by atoms with E-state index in [0.29, 0.717) is 21.7 Å². The predicted octanol–water partition coefficient (Wildman–Crippen LogP) is 3.92. The zero-order valence-corrected chi connectivity index (χ0v) is 12.6. The van der Waals surface area contributed by atoms with Crippen molar-refractivity contribution in [3.8, 4) is 0 Å². The highest BCUT2D eigenvalue weighted by molar-refractivity contribution is 6.35. The van der Waals surface area contributed by atoms with Crippen molar-refractivity contribution in [3.05, 3.63) is 28.2 Å². The normalized spacial score (nSPS) is 29.8. The molecule has 0 spiro atoms. The molecule has 106 valence electrons. The van der Waals surface area contributed by atoms with Crippen molar-refractivity contribution in [1.82, 2.24) is 0 Å². The number of carbonyl (C=O) groups is 2. The van der Waals surface area contributed by atoms with Crippen molar-refractivity contribution >= 4 is 40.7 Å². The summed E-state index contributed by atoms with van der Waals surface area (Å²) in [4.78, 5) is 26.3. The predicted molar refractivity (Wildman–Crippen MR) is 79.0 cm³/mol. The minimum absolute atomic E-state index is 0.106. The van der Waals surface area contributed by atoms with Crippen molar-refractivity contribution in [1.29, 1.82) is 0 Å². The summed E-state index contributed by atoms with van der Waals surface area (Å²) in [5, 5.41) is 0.854. The summed E-state index contributed by atoms with van der Waals surface area (Å²) in [6.07, 6.45) is 2.59. The number of fused-ring (bicyclic) bond motifs is 1. The van der Waals surface area contributed by atoms with Crippen LogP contribution < -0.4 is 4.90 Å². The van der Waals surface area contributed by atoms with Crippen molar-refractivity contribution in [2.24, 2.45) is 17.8 Å². The van der Waals surface area contributed by atoms with E-state index < -0.39 is 0 Å². The first-order chi connectivity index (χ1) is 9.47. The van der Waals surface area contributed by atoms with E-state index in [1.165, 1.54) is 4.90 Å². The molecule has 1 heterocycles. The number of carbonyl (C=O) groups excluding carboxylic acids is 2. The summed E-state index contributed by atoms with van der Waals surface area (Å²) in [6, 6.07) is 4.82. The minimum atomic E-state index is -0.177. The third-order valence-electron chi connectivity index (χ3n) is 4.29. The molecule has 1 saturated carbocycles. The van der Waals surface area contributed by atoms with Crippen LogP contribution in [0, 0.1) is 17.8 Å². The minimum Gasteiger partial charge on any atom is -0.274 e. The van der Waals surface area contributed by atoms with Gasteiger partial charge in [-0.3, -0.25) is 9.59 Å². The maximum Gasteiger partial charge on any atom is 0.237 e. The first kappa shape index (κ1) is 13.9. The van der Waals surface area contributed by atoms with Crippen molar-refractivity contribution < 1.29 is 9.59 Å². The van der Waals surface area contributed by atoms with Gasteiger partial charge in [0, 0.05) is 10.0 Å². The molecule has 2 fully saturated rings. The fourth-order valence-corrected chi connectivity index (χ4v) is 3.83. The van der Waals surface area contributed by atoms with E-state index in [4.69, 9.17) is 23.2 Å². The number of amides is 2. The molecule has 1 aromatic rings. The molecule has 0 radical (unpaired) electrons. The van der Waals surface area contributed by atoms with Gasteiger partial charge < -0.3 is 0 Å². The molecule has 0 aromatic heterocycles. The molecule has 20 heavy (non-hydrogen) atoms. The Morgan fingerprint density at radius 1 is 1.00 bits per heavy atom. The largest absolute Gasteiger partial charge is 0.274 e. The fourth-order valence-electron chi connectivity index (χ4n) is 3.31. The molecule has 1 saturated heterocycles. The molecule has 2 aliphatic rings. The zero-order valence-electron chi connectivity index (χ0n) is 11.1. The van der Waals surface area contributed by atoms with E-state index in [0.717, 1.165) is 19.3 Å². The Kier molecular flexibility index (Phi) is 3.51. The molecular weight excluding hydrogens is 297 g/mol. The van der Waals surface area contributed by atoms with Gasteiger partial charge in [-0.2, -0.15) is 0 Å². The Morgan fingerprint density at radius 3 is 2.25 bits per heavy atom. The average molecular weight is 312 g/mol. The lowest BCUT2D eigenvalue weighted by Gasteiger charge is -2.25. The van der Waals surface area contributed by atoms with Gasteiger partial charge >= 0.3 is 0 Å².